The number of methoxy groups -OCH3 is 1. The molecule has 1 N–H and O–H groups in total. The minimum Gasteiger partial charge on any atom is -0.484 e. The van der Waals surface area contributed by atoms with E-state index in [2.05, 4.69) is 0 Å². The SMILES string of the molecule is COCC(O)CN(C)C(=O)COc1cccc(C)c1. The average molecular weight is 267 g/mol. The van der Waals surface area contributed by atoms with Crippen molar-refractivity contribution in [3.05, 3.63) is 29.8 Å². The van der Waals surface area contributed by atoms with Crippen LogP contribution in [0.3, 0.4) is 0 Å². The number of rotatable bonds is 7. The van der Waals surface area contributed by atoms with Gasteiger partial charge in [0.15, 0.2) is 6.61 Å². The number of likely N-dealkylation sites (N-methyl/N-ethyl adjacent to an activating group) is 1. The lowest BCUT2D eigenvalue weighted by atomic mass is 10.2. The van der Waals surface area contributed by atoms with Gasteiger partial charge >= 0.3 is 0 Å². The van der Waals surface area contributed by atoms with Crippen LogP contribution in [0.2, 0.25) is 0 Å². The average Bonchev–Trinajstić information content (AvgIpc) is 2.36. The molecule has 0 aromatic heterocycles. The molecule has 1 aromatic rings. The first-order chi connectivity index (χ1) is 9.02. The molecule has 19 heavy (non-hydrogen) atoms. The van der Waals surface area contributed by atoms with Gasteiger partial charge in [0.05, 0.1) is 12.7 Å². The normalized spacial score (nSPS) is 12.0. The Hall–Kier alpha value is -1.59. The largest absolute Gasteiger partial charge is 0.484 e. The first kappa shape index (κ1) is 15.5. The Morgan fingerprint density at radius 2 is 2.21 bits per heavy atom. The highest BCUT2D eigenvalue weighted by Crippen LogP contribution is 2.12. The summed E-state index contributed by atoms with van der Waals surface area (Å²) < 4.78 is 10.2. The predicted molar refractivity (Wildman–Crippen MR) is 72.2 cm³/mol. The number of aliphatic hydroxyl groups excluding tert-OH is 1. The fourth-order valence-electron chi connectivity index (χ4n) is 1.62. The number of amides is 1. The van der Waals surface area contributed by atoms with Crippen molar-refractivity contribution in [1.82, 2.24) is 4.90 Å². The van der Waals surface area contributed by atoms with Gasteiger partial charge in [-0.15, -0.1) is 0 Å². The van der Waals surface area contributed by atoms with Gasteiger partial charge in [-0.3, -0.25) is 4.79 Å². The third-order valence-corrected chi connectivity index (χ3v) is 2.62. The molecule has 0 aliphatic heterocycles. The van der Waals surface area contributed by atoms with Crippen molar-refractivity contribution in [2.24, 2.45) is 0 Å². The van der Waals surface area contributed by atoms with Gasteiger partial charge in [-0.2, -0.15) is 0 Å². The second-order valence-corrected chi connectivity index (χ2v) is 4.49. The van der Waals surface area contributed by atoms with E-state index in [1.54, 1.807) is 13.1 Å². The maximum absolute atomic E-state index is 11.8. The molecule has 0 radical (unpaired) electrons. The standard InChI is InChI=1S/C14H21NO4/c1-11-5-4-6-13(7-11)19-10-14(17)15(2)8-12(16)9-18-3/h4-7,12,16H,8-10H2,1-3H3. The van der Waals surface area contributed by atoms with E-state index in [1.165, 1.54) is 12.0 Å². The van der Waals surface area contributed by atoms with Gasteiger partial charge in [-0.25, -0.2) is 0 Å². The smallest absolute Gasteiger partial charge is 0.260 e. The molecular formula is C14H21NO4. The van der Waals surface area contributed by atoms with E-state index in [4.69, 9.17) is 9.47 Å². The van der Waals surface area contributed by atoms with E-state index in [0.717, 1.165) is 5.56 Å². The van der Waals surface area contributed by atoms with E-state index in [1.807, 2.05) is 25.1 Å². The highest BCUT2D eigenvalue weighted by molar-refractivity contribution is 5.77. The van der Waals surface area contributed by atoms with Gasteiger partial charge < -0.3 is 19.5 Å². The first-order valence-corrected chi connectivity index (χ1v) is 6.13. The van der Waals surface area contributed by atoms with Gasteiger partial charge in [0.1, 0.15) is 5.75 Å². The minimum absolute atomic E-state index is 0.0420. The van der Waals surface area contributed by atoms with Crippen LogP contribution < -0.4 is 4.74 Å². The third kappa shape index (κ3) is 5.72. The number of hydrogen-bond acceptors (Lipinski definition) is 4. The number of benzene rings is 1. The molecule has 106 valence electrons. The Balaban J connectivity index is 2.38. The minimum atomic E-state index is -0.682. The van der Waals surface area contributed by atoms with Gasteiger partial charge in [-0.1, -0.05) is 12.1 Å². The molecule has 0 spiro atoms. The van der Waals surface area contributed by atoms with Crippen LogP contribution in [0.5, 0.6) is 5.75 Å². The summed E-state index contributed by atoms with van der Waals surface area (Å²) in [7, 11) is 3.13. The molecule has 1 amide bonds. The van der Waals surface area contributed by atoms with Crippen LogP contribution in [0.15, 0.2) is 24.3 Å². The van der Waals surface area contributed by atoms with Crippen molar-refractivity contribution in [1.29, 1.82) is 0 Å². The molecule has 0 bridgehead atoms. The lowest BCUT2D eigenvalue weighted by Gasteiger charge is -2.20. The summed E-state index contributed by atoms with van der Waals surface area (Å²) in [6.07, 6.45) is -0.682. The van der Waals surface area contributed by atoms with E-state index in [9.17, 15) is 9.90 Å². The lowest BCUT2D eigenvalue weighted by molar-refractivity contribution is -0.133. The van der Waals surface area contributed by atoms with Gasteiger partial charge in [-0.05, 0) is 24.6 Å². The van der Waals surface area contributed by atoms with E-state index in [0.29, 0.717) is 5.75 Å². The van der Waals surface area contributed by atoms with Gasteiger partial charge in [0, 0.05) is 20.7 Å². The van der Waals surface area contributed by atoms with Crippen molar-refractivity contribution in [3.8, 4) is 5.75 Å². The summed E-state index contributed by atoms with van der Waals surface area (Å²) in [5.41, 5.74) is 1.08. The number of carbonyl (C=O) groups excluding carboxylic acids is 1. The van der Waals surface area contributed by atoms with Crippen LogP contribution in [-0.4, -0.2) is 55.9 Å². The molecule has 0 saturated carbocycles. The highest BCUT2D eigenvalue weighted by Gasteiger charge is 2.14. The van der Waals surface area contributed by atoms with Crippen LogP contribution in [0.4, 0.5) is 0 Å². The van der Waals surface area contributed by atoms with Crippen LogP contribution in [-0.2, 0) is 9.53 Å². The van der Waals surface area contributed by atoms with Gasteiger partial charge in [0.25, 0.3) is 5.91 Å². The topological polar surface area (TPSA) is 59.0 Å². The molecule has 1 atom stereocenters. The maximum atomic E-state index is 11.8. The van der Waals surface area contributed by atoms with E-state index < -0.39 is 6.10 Å². The Morgan fingerprint density at radius 1 is 1.47 bits per heavy atom. The summed E-state index contributed by atoms with van der Waals surface area (Å²) in [4.78, 5) is 13.2. The van der Waals surface area contributed by atoms with Gasteiger partial charge in [0.2, 0.25) is 0 Å². The zero-order valence-corrected chi connectivity index (χ0v) is 11.6. The molecule has 5 heteroatoms. The molecule has 1 unspecified atom stereocenters. The number of ether oxygens (including phenoxy) is 2. The molecule has 5 nitrogen and oxygen atoms in total. The monoisotopic (exact) mass is 267 g/mol. The number of aryl methyl sites for hydroxylation is 1. The number of carbonyl (C=O) groups is 1. The summed E-state index contributed by atoms with van der Waals surface area (Å²) in [5, 5.41) is 9.53. The Morgan fingerprint density at radius 3 is 2.84 bits per heavy atom. The molecule has 0 heterocycles. The van der Waals surface area contributed by atoms with Crippen molar-refractivity contribution in [2.75, 3.05) is 33.9 Å². The summed E-state index contributed by atoms with van der Waals surface area (Å²) in [5.74, 6) is 0.482. The fourth-order valence-corrected chi connectivity index (χ4v) is 1.62. The van der Waals surface area contributed by atoms with E-state index >= 15 is 0 Å². The molecule has 0 aliphatic carbocycles. The van der Waals surface area contributed by atoms with E-state index in [-0.39, 0.29) is 25.7 Å². The molecule has 0 saturated heterocycles. The van der Waals surface area contributed by atoms with Crippen molar-refractivity contribution >= 4 is 5.91 Å². The molecule has 0 fully saturated rings. The Bertz CT molecular complexity index is 408. The summed E-state index contributed by atoms with van der Waals surface area (Å²) in [6, 6.07) is 7.51. The first-order valence-electron chi connectivity index (χ1n) is 6.13. The summed E-state index contributed by atoms with van der Waals surface area (Å²) >= 11 is 0. The molecule has 1 aromatic carbocycles. The van der Waals surface area contributed by atoms with Crippen molar-refractivity contribution in [3.63, 3.8) is 0 Å². The second kappa shape index (κ2) is 7.76. The number of hydrogen-bond donors (Lipinski definition) is 1. The van der Waals surface area contributed by atoms with Crippen molar-refractivity contribution in [2.45, 2.75) is 13.0 Å². The second-order valence-electron chi connectivity index (χ2n) is 4.49. The number of aliphatic hydroxyl groups is 1. The molecule has 1 rings (SSSR count). The van der Waals surface area contributed by atoms with Crippen LogP contribution >= 0.6 is 0 Å². The van der Waals surface area contributed by atoms with Crippen LogP contribution in [0, 0.1) is 6.92 Å². The number of nitrogens with zero attached hydrogens (tertiary/aromatic N) is 1. The predicted octanol–water partition coefficient (Wildman–Crippen LogP) is 0.840. The lowest BCUT2D eigenvalue weighted by Crippen LogP contribution is -2.38. The van der Waals surface area contributed by atoms with Crippen molar-refractivity contribution < 1.29 is 19.4 Å². The summed E-state index contributed by atoms with van der Waals surface area (Å²) in [6.45, 7) is 2.35. The zero-order chi connectivity index (χ0) is 14.3. The third-order valence-electron chi connectivity index (χ3n) is 2.62. The maximum Gasteiger partial charge on any atom is 0.260 e. The Labute approximate surface area is 113 Å². The molecular weight excluding hydrogens is 246 g/mol. The zero-order valence-electron chi connectivity index (χ0n) is 11.6. The molecule has 0 aliphatic rings. The highest BCUT2D eigenvalue weighted by atomic mass is 16.5. The van der Waals surface area contributed by atoms with Crippen LogP contribution in [0.25, 0.3) is 0 Å². The quantitative estimate of drug-likeness (QED) is 0.795. The van der Waals surface area contributed by atoms with Crippen LogP contribution in [0.1, 0.15) is 5.56 Å². The fraction of sp³-hybridized carbons (Fsp3) is 0.500. The Kier molecular flexibility index (Phi) is 6.32.